The summed E-state index contributed by atoms with van der Waals surface area (Å²) in [5.74, 6) is -1.40. The van der Waals surface area contributed by atoms with E-state index >= 15 is 0 Å². The summed E-state index contributed by atoms with van der Waals surface area (Å²) in [6.45, 7) is 1.79. The summed E-state index contributed by atoms with van der Waals surface area (Å²) >= 11 is 0. The lowest BCUT2D eigenvalue weighted by Crippen LogP contribution is -2.33. The van der Waals surface area contributed by atoms with Gasteiger partial charge in [-0.1, -0.05) is 12.1 Å². The van der Waals surface area contributed by atoms with Crippen molar-refractivity contribution in [1.29, 1.82) is 0 Å². The number of carbonyl (C=O) groups excluding carboxylic acids is 1. The molecule has 1 N–H and O–H groups in total. The van der Waals surface area contributed by atoms with Crippen LogP contribution in [0.15, 0.2) is 36.4 Å². The Balaban J connectivity index is 1.85. The van der Waals surface area contributed by atoms with Gasteiger partial charge < -0.3 is 10.0 Å². The van der Waals surface area contributed by atoms with E-state index in [9.17, 15) is 19.7 Å². The number of nitrogens with zero attached hydrogens (tertiary/aromatic N) is 3. The highest BCUT2D eigenvalue weighted by Gasteiger charge is 2.34. The van der Waals surface area contributed by atoms with Gasteiger partial charge in [0.25, 0.3) is 11.6 Å². The summed E-state index contributed by atoms with van der Waals surface area (Å²) in [6, 6.07) is 9.03. The van der Waals surface area contributed by atoms with Crippen molar-refractivity contribution in [2.45, 2.75) is 32.4 Å². The van der Waals surface area contributed by atoms with E-state index < -0.39 is 10.9 Å². The van der Waals surface area contributed by atoms with Crippen LogP contribution in [0.1, 0.15) is 44.9 Å². The lowest BCUT2D eigenvalue weighted by molar-refractivity contribution is -0.384. The molecule has 1 heterocycles. The van der Waals surface area contributed by atoms with E-state index in [1.54, 1.807) is 24.0 Å². The summed E-state index contributed by atoms with van der Waals surface area (Å²) in [5, 5.41) is 20.0. The number of aromatic nitrogens is 1. The fourth-order valence-corrected chi connectivity index (χ4v) is 2.77. The summed E-state index contributed by atoms with van der Waals surface area (Å²) < 4.78 is 0. The molecule has 1 aromatic heterocycles. The van der Waals surface area contributed by atoms with E-state index in [-0.39, 0.29) is 41.1 Å². The first-order chi connectivity index (χ1) is 12.4. The zero-order valence-electron chi connectivity index (χ0n) is 14.1. The van der Waals surface area contributed by atoms with E-state index in [4.69, 9.17) is 5.11 Å². The number of carboxylic acids is 1. The van der Waals surface area contributed by atoms with Gasteiger partial charge in [0.1, 0.15) is 5.69 Å². The molecule has 1 aliphatic rings. The van der Waals surface area contributed by atoms with Crippen LogP contribution in [0.3, 0.4) is 0 Å². The van der Waals surface area contributed by atoms with Crippen LogP contribution in [-0.2, 0) is 6.54 Å². The number of hydrogen-bond donors (Lipinski definition) is 1. The molecular formula is C18H17N3O5. The van der Waals surface area contributed by atoms with E-state index in [1.807, 2.05) is 0 Å². The monoisotopic (exact) mass is 355 g/mol. The minimum absolute atomic E-state index is 0.0227. The Morgan fingerprint density at radius 3 is 2.62 bits per heavy atom. The molecule has 0 atom stereocenters. The highest BCUT2D eigenvalue weighted by Crippen LogP contribution is 2.30. The Morgan fingerprint density at radius 2 is 2.04 bits per heavy atom. The van der Waals surface area contributed by atoms with Crippen LogP contribution in [0.2, 0.25) is 0 Å². The van der Waals surface area contributed by atoms with Gasteiger partial charge in [-0.05, 0) is 37.5 Å². The molecule has 1 aromatic carbocycles. The zero-order chi connectivity index (χ0) is 18.8. The number of carbonyl (C=O) groups is 2. The van der Waals surface area contributed by atoms with Crippen molar-refractivity contribution >= 4 is 17.6 Å². The molecule has 1 saturated carbocycles. The van der Waals surface area contributed by atoms with E-state index in [0.29, 0.717) is 5.56 Å². The van der Waals surface area contributed by atoms with Crippen molar-refractivity contribution in [3.05, 3.63) is 69.0 Å². The predicted molar refractivity (Wildman–Crippen MR) is 91.9 cm³/mol. The second-order valence-electron chi connectivity index (χ2n) is 6.23. The lowest BCUT2D eigenvalue weighted by atomic mass is 10.1. The number of carboxylic acid groups (broad SMARTS) is 1. The van der Waals surface area contributed by atoms with Crippen molar-refractivity contribution in [2.75, 3.05) is 0 Å². The maximum absolute atomic E-state index is 12.9. The summed E-state index contributed by atoms with van der Waals surface area (Å²) in [7, 11) is 0. The topological polar surface area (TPSA) is 114 Å². The van der Waals surface area contributed by atoms with Crippen molar-refractivity contribution in [1.82, 2.24) is 9.88 Å². The molecule has 8 heteroatoms. The van der Waals surface area contributed by atoms with Crippen molar-refractivity contribution in [2.24, 2.45) is 0 Å². The number of aryl methyl sites for hydroxylation is 1. The summed E-state index contributed by atoms with van der Waals surface area (Å²) in [5.41, 5.74) is 1.14. The maximum Gasteiger partial charge on any atom is 0.337 e. The number of aromatic carboxylic acids is 1. The molecule has 1 aliphatic carbocycles. The van der Waals surface area contributed by atoms with Crippen LogP contribution in [0.4, 0.5) is 5.69 Å². The molecule has 1 fully saturated rings. The van der Waals surface area contributed by atoms with Gasteiger partial charge in [0, 0.05) is 24.7 Å². The first kappa shape index (κ1) is 17.5. The standard InChI is InChI=1S/C18H17N3O5/c1-11-15(18(23)24)7-8-16(19-11)17(22)20(13-5-6-13)10-12-3-2-4-14(9-12)21(25)26/h2-4,7-9,13H,5-6,10H2,1H3,(H,23,24). The molecule has 26 heavy (non-hydrogen) atoms. The molecule has 1 amide bonds. The third kappa shape index (κ3) is 3.69. The molecule has 0 radical (unpaired) electrons. The quantitative estimate of drug-likeness (QED) is 0.629. The summed E-state index contributed by atoms with van der Waals surface area (Å²) in [4.78, 5) is 40.2. The highest BCUT2D eigenvalue weighted by atomic mass is 16.6. The first-order valence-corrected chi connectivity index (χ1v) is 8.12. The number of nitro groups is 1. The minimum Gasteiger partial charge on any atom is -0.478 e. The van der Waals surface area contributed by atoms with E-state index in [0.717, 1.165) is 12.8 Å². The SMILES string of the molecule is Cc1nc(C(=O)N(Cc2cccc([N+](=O)[O-])c2)C2CC2)ccc1C(=O)O. The van der Waals surface area contributed by atoms with Crippen LogP contribution < -0.4 is 0 Å². The number of amides is 1. The van der Waals surface area contributed by atoms with Gasteiger partial charge in [-0.2, -0.15) is 0 Å². The number of pyridine rings is 1. The van der Waals surface area contributed by atoms with Crippen LogP contribution in [0.25, 0.3) is 0 Å². The summed E-state index contributed by atoms with van der Waals surface area (Å²) in [6.07, 6.45) is 1.74. The Labute approximate surface area is 149 Å². The average molecular weight is 355 g/mol. The minimum atomic E-state index is -1.09. The highest BCUT2D eigenvalue weighted by molar-refractivity contribution is 5.94. The smallest absolute Gasteiger partial charge is 0.337 e. The van der Waals surface area contributed by atoms with Gasteiger partial charge >= 0.3 is 5.97 Å². The molecule has 2 aromatic rings. The van der Waals surface area contributed by atoms with Crippen molar-refractivity contribution in [3.8, 4) is 0 Å². The van der Waals surface area contributed by atoms with Crippen LogP contribution in [0, 0.1) is 17.0 Å². The molecule has 3 rings (SSSR count). The average Bonchev–Trinajstić information content (AvgIpc) is 3.43. The number of benzene rings is 1. The molecule has 0 unspecified atom stereocenters. The van der Waals surface area contributed by atoms with Gasteiger partial charge in [-0.3, -0.25) is 14.9 Å². The third-order valence-electron chi connectivity index (χ3n) is 4.26. The Morgan fingerprint density at radius 1 is 1.31 bits per heavy atom. The first-order valence-electron chi connectivity index (χ1n) is 8.12. The van der Waals surface area contributed by atoms with Crippen LogP contribution in [0.5, 0.6) is 0 Å². The number of nitro benzene ring substituents is 1. The maximum atomic E-state index is 12.9. The molecular weight excluding hydrogens is 338 g/mol. The zero-order valence-corrected chi connectivity index (χ0v) is 14.1. The predicted octanol–water partition coefficient (Wildman–Crippen LogP) is 2.80. The van der Waals surface area contributed by atoms with Crippen LogP contribution in [-0.4, -0.2) is 37.8 Å². The van der Waals surface area contributed by atoms with Gasteiger partial charge in [0.15, 0.2) is 0 Å². The fraction of sp³-hybridized carbons (Fsp3) is 0.278. The molecule has 8 nitrogen and oxygen atoms in total. The third-order valence-corrected chi connectivity index (χ3v) is 4.26. The fourth-order valence-electron chi connectivity index (χ4n) is 2.77. The number of hydrogen-bond acceptors (Lipinski definition) is 5. The van der Waals surface area contributed by atoms with Gasteiger partial charge in [-0.15, -0.1) is 0 Å². The van der Waals surface area contributed by atoms with E-state index in [1.165, 1.54) is 24.3 Å². The second-order valence-corrected chi connectivity index (χ2v) is 6.23. The molecule has 0 saturated heterocycles. The van der Waals surface area contributed by atoms with E-state index in [2.05, 4.69) is 4.98 Å². The van der Waals surface area contributed by atoms with Crippen molar-refractivity contribution < 1.29 is 19.6 Å². The van der Waals surface area contributed by atoms with Gasteiger partial charge in [0.2, 0.25) is 0 Å². The molecule has 0 bridgehead atoms. The lowest BCUT2D eigenvalue weighted by Gasteiger charge is -2.22. The molecule has 134 valence electrons. The molecule has 0 aliphatic heterocycles. The number of non-ortho nitro benzene ring substituents is 1. The van der Waals surface area contributed by atoms with Gasteiger partial charge in [0.05, 0.1) is 16.2 Å². The normalized spacial score (nSPS) is 13.3. The van der Waals surface area contributed by atoms with Gasteiger partial charge in [-0.25, -0.2) is 9.78 Å². The van der Waals surface area contributed by atoms with Crippen LogP contribution >= 0.6 is 0 Å². The Bertz CT molecular complexity index is 892. The molecule has 0 spiro atoms. The second kappa shape index (κ2) is 6.91. The Hall–Kier alpha value is -3.29. The largest absolute Gasteiger partial charge is 0.478 e. The van der Waals surface area contributed by atoms with Crippen molar-refractivity contribution in [3.63, 3.8) is 0 Å². The Kier molecular flexibility index (Phi) is 4.66. The number of rotatable bonds is 6.